The number of rotatable bonds is 1. The van der Waals surface area contributed by atoms with Gasteiger partial charge in [-0.25, -0.2) is 0 Å². The average molecular weight is 251 g/mol. The highest BCUT2D eigenvalue weighted by Crippen LogP contribution is 2.31. The molecule has 4 heteroatoms. The highest BCUT2D eigenvalue weighted by atomic mass is 19.4. The van der Waals surface area contributed by atoms with Crippen molar-refractivity contribution in [2.75, 3.05) is 0 Å². The summed E-state index contributed by atoms with van der Waals surface area (Å²) in [5.74, 6) is 0. The lowest BCUT2D eigenvalue weighted by molar-refractivity contribution is -0.0881. The molecule has 1 aliphatic rings. The molecule has 0 fully saturated rings. The van der Waals surface area contributed by atoms with Crippen molar-refractivity contribution in [1.29, 1.82) is 0 Å². The topological polar surface area (TPSA) is 12.9 Å². The molecule has 0 amide bonds. The van der Waals surface area contributed by atoms with Crippen LogP contribution in [0.4, 0.5) is 13.2 Å². The van der Waals surface area contributed by atoms with Crippen LogP contribution in [0.25, 0.3) is 5.57 Å². The summed E-state index contributed by atoms with van der Waals surface area (Å²) in [5, 5.41) is 0. The Balaban J connectivity index is 2.39. The summed E-state index contributed by atoms with van der Waals surface area (Å²) < 4.78 is 38.1. The monoisotopic (exact) mass is 251 g/mol. The molecule has 2 rings (SSSR count). The molecule has 0 saturated carbocycles. The molecule has 0 aromatic carbocycles. The molecule has 0 radical (unpaired) electrons. The van der Waals surface area contributed by atoms with E-state index in [0.29, 0.717) is 17.7 Å². The van der Waals surface area contributed by atoms with Gasteiger partial charge in [0.1, 0.15) is 0 Å². The second-order valence-corrected chi connectivity index (χ2v) is 4.12. The Kier molecular flexibility index (Phi) is 3.36. The molecule has 0 spiro atoms. The van der Waals surface area contributed by atoms with Gasteiger partial charge in [0.15, 0.2) is 0 Å². The van der Waals surface area contributed by atoms with E-state index in [9.17, 15) is 13.2 Å². The van der Waals surface area contributed by atoms with E-state index in [2.05, 4.69) is 4.98 Å². The Morgan fingerprint density at radius 2 is 2.00 bits per heavy atom. The van der Waals surface area contributed by atoms with E-state index in [4.69, 9.17) is 0 Å². The molecule has 0 N–H and O–H groups in total. The molecule has 0 bridgehead atoms. The molecule has 0 atom stereocenters. The lowest BCUT2D eigenvalue weighted by atomic mass is 10.1. The minimum absolute atomic E-state index is 0.473. The van der Waals surface area contributed by atoms with Gasteiger partial charge in [-0.1, -0.05) is 24.3 Å². The summed E-state index contributed by atoms with van der Waals surface area (Å²) in [6, 6.07) is 3.57. The van der Waals surface area contributed by atoms with E-state index < -0.39 is 11.7 Å². The Bertz CT molecular complexity index is 519. The highest BCUT2D eigenvalue weighted by molar-refractivity contribution is 5.74. The molecule has 1 heterocycles. The number of allylic oxidation sites excluding steroid dienone is 6. The molecule has 0 unspecified atom stereocenters. The maximum Gasteiger partial charge on any atom is 0.416 e. The van der Waals surface area contributed by atoms with E-state index >= 15 is 0 Å². The third-order valence-corrected chi connectivity index (χ3v) is 2.62. The third kappa shape index (κ3) is 2.88. The van der Waals surface area contributed by atoms with Crippen LogP contribution in [0, 0.1) is 6.92 Å². The van der Waals surface area contributed by atoms with Crippen LogP contribution in [0.1, 0.15) is 17.7 Å². The van der Waals surface area contributed by atoms with Crippen LogP contribution >= 0.6 is 0 Å². The van der Waals surface area contributed by atoms with Crippen molar-refractivity contribution < 1.29 is 13.2 Å². The Labute approximate surface area is 103 Å². The van der Waals surface area contributed by atoms with Crippen molar-refractivity contribution in [2.45, 2.75) is 19.5 Å². The van der Waals surface area contributed by atoms with Crippen LogP contribution in [-0.4, -0.2) is 11.2 Å². The first-order valence-corrected chi connectivity index (χ1v) is 5.55. The van der Waals surface area contributed by atoms with Crippen molar-refractivity contribution in [3.8, 4) is 0 Å². The highest BCUT2D eigenvalue weighted by Gasteiger charge is 2.32. The molecule has 0 saturated heterocycles. The fraction of sp³-hybridized carbons (Fsp3) is 0.214. The first-order chi connectivity index (χ1) is 8.47. The van der Waals surface area contributed by atoms with Crippen molar-refractivity contribution in [3.05, 3.63) is 59.5 Å². The Hall–Kier alpha value is -1.84. The molecule has 94 valence electrons. The maximum atomic E-state index is 12.7. The summed E-state index contributed by atoms with van der Waals surface area (Å²) in [6.07, 6.45) is 3.29. The van der Waals surface area contributed by atoms with E-state index in [0.717, 1.165) is 17.7 Å². The van der Waals surface area contributed by atoms with Gasteiger partial charge in [0.25, 0.3) is 0 Å². The summed E-state index contributed by atoms with van der Waals surface area (Å²) in [4.78, 5) is 4.15. The normalized spacial score (nSPS) is 16.0. The number of aromatic nitrogens is 1. The van der Waals surface area contributed by atoms with E-state index in [1.165, 1.54) is 6.08 Å². The first kappa shape index (κ1) is 12.6. The Morgan fingerprint density at radius 1 is 1.22 bits per heavy atom. The van der Waals surface area contributed by atoms with E-state index in [1.54, 1.807) is 18.3 Å². The van der Waals surface area contributed by atoms with Crippen LogP contribution in [0.3, 0.4) is 0 Å². The number of aryl methyl sites for hydroxylation is 1. The number of pyridine rings is 1. The predicted octanol–water partition coefficient (Wildman–Crippen LogP) is 4.22. The number of nitrogens with zero attached hydrogens (tertiary/aromatic N) is 1. The molecule has 1 aromatic rings. The summed E-state index contributed by atoms with van der Waals surface area (Å²) in [6.45, 7) is 1.89. The van der Waals surface area contributed by atoms with Gasteiger partial charge in [0.2, 0.25) is 0 Å². The molecule has 0 aliphatic heterocycles. The number of hydrogen-bond acceptors (Lipinski definition) is 1. The van der Waals surface area contributed by atoms with Gasteiger partial charge < -0.3 is 0 Å². The molecular formula is C14H12F3N. The smallest absolute Gasteiger partial charge is 0.256 e. The predicted molar refractivity (Wildman–Crippen MR) is 64.8 cm³/mol. The summed E-state index contributed by atoms with van der Waals surface area (Å²) in [7, 11) is 0. The van der Waals surface area contributed by atoms with Gasteiger partial charge in [0.05, 0.1) is 11.3 Å². The molecule has 1 nitrogen and oxygen atoms in total. The quantitative estimate of drug-likeness (QED) is 0.728. The van der Waals surface area contributed by atoms with Crippen LogP contribution in [0.15, 0.2) is 48.2 Å². The van der Waals surface area contributed by atoms with Crippen LogP contribution in [0.2, 0.25) is 0 Å². The molecular weight excluding hydrogens is 239 g/mol. The van der Waals surface area contributed by atoms with Gasteiger partial charge in [-0.15, -0.1) is 0 Å². The van der Waals surface area contributed by atoms with Gasteiger partial charge in [-0.05, 0) is 36.6 Å². The van der Waals surface area contributed by atoms with Crippen LogP contribution in [-0.2, 0) is 0 Å². The second kappa shape index (κ2) is 4.80. The average Bonchev–Trinajstić information content (AvgIpc) is 2.55. The zero-order valence-electron chi connectivity index (χ0n) is 9.83. The largest absolute Gasteiger partial charge is 0.416 e. The Morgan fingerprint density at radius 3 is 2.61 bits per heavy atom. The number of halogens is 3. The van der Waals surface area contributed by atoms with Crippen molar-refractivity contribution in [1.82, 2.24) is 4.98 Å². The standard InChI is InChI=1S/C14H12F3N/c1-10-6-7-13(18-9-10)11-4-2-3-5-12(8-11)14(15,16)17/h3-9H,2H2,1H3. The van der Waals surface area contributed by atoms with Gasteiger partial charge >= 0.3 is 6.18 Å². The third-order valence-electron chi connectivity index (χ3n) is 2.62. The minimum Gasteiger partial charge on any atom is -0.256 e. The first-order valence-electron chi connectivity index (χ1n) is 5.55. The lowest BCUT2D eigenvalue weighted by Gasteiger charge is -2.08. The molecule has 1 aliphatic carbocycles. The summed E-state index contributed by atoms with van der Waals surface area (Å²) in [5.41, 5.74) is 1.40. The van der Waals surface area contributed by atoms with Crippen molar-refractivity contribution in [2.24, 2.45) is 0 Å². The lowest BCUT2D eigenvalue weighted by Crippen LogP contribution is -2.09. The van der Waals surface area contributed by atoms with Crippen molar-refractivity contribution in [3.63, 3.8) is 0 Å². The molecule has 18 heavy (non-hydrogen) atoms. The number of alkyl halides is 3. The van der Waals surface area contributed by atoms with Gasteiger partial charge in [-0.3, -0.25) is 4.98 Å². The number of hydrogen-bond donors (Lipinski definition) is 0. The van der Waals surface area contributed by atoms with Crippen molar-refractivity contribution >= 4 is 5.57 Å². The van der Waals surface area contributed by atoms with Gasteiger partial charge in [-0.2, -0.15) is 13.2 Å². The van der Waals surface area contributed by atoms with E-state index in [1.807, 2.05) is 13.0 Å². The zero-order chi connectivity index (χ0) is 13.2. The maximum absolute atomic E-state index is 12.7. The van der Waals surface area contributed by atoms with E-state index in [-0.39, 0.29) is 0 Å². The summed E-state index contributed by atoms with van der Waals surface area (Å²) >= 11 is 0. The second-order valence-electron chi connectivity index (χ2n) is 4.12. The zero-order valence-corrected chi connectivity index (χ0v) is 9.83. The fourth-order valence-corrected chi connectivity index (χ4v) is 1.66. The van der Waals surface area contributed by atoms with Crippen LogP contribution < -0.4 is 0 Å². The SMILES string of the molecule is Cc1ccc(C2=CCC=CC(C(F)(F)F)=C2)nc1. The minimum atomic E-state index is -4.33. The van der Waals surface area contributed by atoms with Gasteiger partial charge in [0, 0.05) is 6.20 Å². The molecule has 1 aromatic heterocycles. The fourth-order valence-electron chi connectivity index (χ4n) is 1.66. The van der Waals surface area contributed by atoms with Crippen LogP contribution in [0.5, 0.6) is 0 Å².